The highest BCUT2D eigenvalue weighted by molar-refractivity contribution is 5.17. The van der Waals surface area contributed by atoms with Crippen molar-refractivity contribution in [1.82, 2.24) is 5.32 Å². The van der Waals surface area contributed by atoms with Gasteiger partial charge in [-0.05, 0) is 69.9 Å². The molecule has 0 aromatic heterocycles. The Hall–Kier alpha value is -0.860. The summed E-state index contributed by atoms with van der Waals surface area (Å²) in [7, 11) is 0. The minimum Gasteiger partial charge on any atom is -0.375 e. The fourth-order valence-electron chi connectivity index (χ4n) is 4.62. The Bertz CT molecular complexity index is 476. The van der Waals surface area contributed by atoms with E-state index in [-0.39, 0.29) is 5.60 Å². The number of nitrogens with one attached hydrogen (secondary N) is 1. The summed E-state index contributed by atoms with van der Waals surface area (Å²) >= 11 is 0. The molecule has 2 fully saturated rings. The van der Waals surface area contributed by atoms with Crippen molar-refractivity contribution in [2.75, 3.05) is 13.2 Å². The Kier molecular flexibility index (Phi) is 5.43. The van der Waals surface area contributed by atoms with Gasteiger partial charge in [-0.25, -0.2) is 0 Å². The lowest BCUT2D eigenvalue weighted by Crippen LogP contribution is -2.44. The van der Waals surface area contributed by atoms with Crippen LogP contribution in [0.2, 0.25) is 0 Å². The van der Waals surface area contributed by atoms with Crippen LogP contribution in [0.4, 0.5) is 0 Å². The van der Waals surface area contributed by atoms with E-state index in [1.807, 2.05) is 0 Å². The van der Waals surface area contributed by atoms with E-state index in [0.29, 0.717) is 11.5 Å². The van der Waals surface area contributed by atoms with Crippen molar-refractivity contribution >= 4 is 0 Å². The van der Waals surface area contributed by atoms with Crippen LogP contribution in [-0.4, -0.2) is 24.8 Å². The SMILES string of the molecule is CC1(C)C[C@H](NCCC2(Cc3ccccc3)CCCC2)CCO1. The third-order valence-electron chi connectivity index (χ3n) is 5.87. The van der Waals surface area contributed by atoms with Crippen molar-refractivity contribution in [3.05, 3.63) is 35.9 Å². The molecule has 0 radical (unpaired) electrons. The van der Waals surface area contributed by atoms with Crippen LogP contribution in [0.25, 0.3) is 0 Å². The van der Waals surface area contributed by atoms with E-state index in [9.17, 15) is 0 Å². The summed E-state index contributed by atoms with van der Waals surface area (Å²) in [5.41, 5.74) is 2.10. The van der Waals surface area contributed by atoms with Crippen LogP contribution < -0.4 is 5.32 Å². The van der Waals surface area contributed by atoms with E-state index in [1.54, 1.807) is 0 Å². The molecular weight excluding hydrogens is 282 g/mol. The van der Waals surface area contributed by atoms with E-state index in [2.05, 4.69) is 49.5 Å². The van der Waals surface area contributed by atoms with Gasteiger partial charge in [0.25, 0.3) is 0 Å². The highest BCUT2D eigenvalue weighted by atomic mass is 16.5. The summed E-state index contributed by atoms with van der Waals surface area (Å²) in [5, 5.41) is 3.83. The second kappa shape index (κ2) is 7.36. The lowest BCUT2D eigenvalue weighted by atomic mass is 9.77. The normalized spacial score (nSPS) is 26.3. The van der Waals surface area contributed by atoms with Gasteiger partial charge in [-0.3, -0.25) is 0 Å². The molecule has 1 saturated carbocycles. The summed E-state index contributed by atoms with van der Waals surface area (Å²) in [6.07, 6.45) is 10.5. The van der Waals surface area contributed by atoms with E-state index in [4.69, 9.17) is 4.74 Å². The predicted molar refractivity (Wildman–Crippen MR) is 96.7 cm³/mol. The lowest BCUT2D eigenvalue weighted by Gasteiger charge is -2.37. The van der Waals surface area contributed by atoms with E-state index >= 15 is 0 Å². The Balaban J connectivity index is 1.52. The van der Waals surface area contributed by atoms with Crippen molar-refractivity contribution in [2.45, 2.75) is 76.9 Å². The van der Waals surface area contributed by atoms with Gasteiger partial charge in [-0.15, -0.1) is 0 Å². The van der Waals surface area contributed by atoms with E-state index in [1.165, 1.54) is 44.1 Å². The first-order valence-electron chi connectivity index (χ1n) is 9.48. The molecule has 0 bridgehead atoms. The van der Waals surface area contributed by atoms with Crippen LogP contribution in [0.1, 0.15) is 64.4 Å². The first-order valence-corrected chi connectivity index (χ1v) is 9.48. The van der Waals surface area contributed by atoms with Gasteiger partial charge in [0.15, 0.2) is 0 Å². The molecule has 1 aliphatic heterocycles. The zero-order chi connectivity index (χ0) is 16.2. The molecule has 1 aromatic rings. The van der Waals surface area contributed by atoms with E-state index in [0.717, 1.165) is 26.0 Å². The van der Waals surface area contributed by atoms with Crippen LogP contribution in [0, 0.1) is 5.41 Å². The van der Waals surface area contributed by atoms with Crippen LogP contribution in [0.3, 0.4) is 0 Å². The van der Waals surface area contributed by atoms with Crippen molar-refractivity contribution in [3.8, 4) is 0 Å². The summed E-state index contributed by atoms with van der Waals surface area (Å²) in [6, 6.07) is 11.7. The zero-order valence-electron chi connectivity index (χ0n) is 14.9. The second-order valence-corrected chi connectivity index (χ2v) is 8.37. The molecule has 2 nitrogen and oxygen atoms in total. The standard InChI is InChI=1S/C21H33NO/c1-20(2)17-19(10-15-23-20)22-14-13-21(11-6-7-12-21)16-18-8-4-3-5-9-18/h3-5,8-9,19,22H,6-7,10-17H2,1-2H3/t19-/m1/s1. The van der Waals surface area contributed by atoms with Crippen LogP contribution in [-0.2, 0) is 11.2 Å². The van der Waals surface area contributed by atoms with Crippen LogP contribution >= 0.6 is 0 Å². The molecule has 1 aliphatic carbocycles. The molecule has 3 rings (SSSR count). The van der Waals surface area contributed by atoms with Gasteiger partial charge >= 0.3 is 0 Å². The van der Waals surface area contributed by atoms with Crippen molar-refractivity contribution < 1.29 is 4.74 Å². The highest BCUT2D eigenvalue weighted by Crippen LogP contribution is 2.43. The smallest absolute Gasteiger partial charge is 0.0641 e. The summed E-state index contributed by atoms with van der Waals surface area (Å²) in [6.45, 7) is 6.50. The van der Waals surface area contributed by atoms with E-state index < -0.39 is 0 Å². The molecule has 23 heavy (non-hydrogen) atoms. The van der Waals surface area contributed by atoms with Gasteiger partial charge < -0.3 is 10.1 Å². The Morgan fingerprint density at radius 2 is 1.87 bits per heavy atom. The van der Waals surface area contributed by atoms with Gasteiger partial charge in [0.1, 0.15) is 0 Å². The molecule has 1 atom stereocenters. The molecule has 1 N–H and O–H groups in total. The van der Waals surface area contributed by atoms with Crippen molar-refractivity contribution in [2.24, 2.45) is 5.41 Å². The molecule has 0 unspecified atom stereocenters. The van der Waals surface area contributed by atoms with Crippen molar-refractivity contribution in [3.63, 3.8) is 0 Å². The summed E-state index contributed by atoms with van der Waals surface area (Å²) in [4.78, 5) is 0. The third kappa shape index (κ3) is 4.81. The summed E-state index contributed by atoms with van der Waals surface area (Å²) in [5.74, 6) is 0. The fraction of sp³-hybridized carbons (Fsp3) is 0.714. The maximum absolute atomic E-state index is 5.83. The number of hydrogen-bond acceptors (Lipinski definition) is 2. The van der Waals surface area contributed by atoms with Crippen molar-refractivity contribution in [1.29, 1.82) is 0 Å². The largest absolute Gasteiger partial charge is 0.375 e. The summed E-state index contributed by atoms with van der Waals surface area (Å²) < 4.78 is 5.83. The minimum absolute atomic E-state index is 0.0466. The van der Waals surface area contributed by atoms with Gasteiger partial charge in [-0.2, -0.15) is 0 Å². The molecule has 0 spiro atoms. The first-order chi connectivity index (χ1) is 11.1. The Morgan fingerprint density at radius 1 is 1.13 bits per heavy atom. The first kappa shape index (κ1) is 17.0. The topological polar surface area (TPSA) is 21.3 Å². The maximum Gasteiger partial charge on any atom is 0.0641 e. The number of benzene rings is 1. The number of hydrogen-bond donors (Lipinski definition) is 1. The van der Waals surface area contributed by atoms with Gasteiger partial charge in [0.2, 0.25) is 0 Å². The number of ether oxygens (including phenoxy) is 1. The second-order valence-electron chi connectivity index (χ2n) is 8.37. The van der Waals surface area contributed by atoms with Gasteiger partial charge in [0, 0.05) is 12.6 Å². The quantitative estimate of drug-likeness (QED) is 0.819. The average molecular weight is 316 g/mol. The molecule has 128 valence electrons. The maximum atomic E-state index is 5.83. The molecule has 1 aromatic carbocycles. The number of rotatable bonds is 6. The molecule has 0 amide bonds. The van der Waals surface area contributed by atoms with Gasteiger partial charge in [-0.1, -0.05) is 43.2 Å². The molecule has 1 saturated heterocycles. The molecule has 1 heterocycles. The third-order valence-corrected chi connectivity index (χ3v) is 5.87. The Morgan fingerprint density at radius 3 is 2.57 bits per heavy atom. The average Bonchev–Trinajstić information content (AvgIpc) is 2.96. The fourth-order valence-corrected chi connectivity index (χ4v) is 4.62. The van der Waals surface area contributed by atoms with Gasteiger partial charge in [0.05, 0.1) is 5.60 Å². The Labute approximate surface area is 142 Å². The predicted octanol–water partition coefficient (Wildman–Crippen LogP) is 4.73. The molecule has 2 aliphatic rings. The lowest BCUT2D eigenvalue weighted by molar-refractivity contribution is -0.0630. The van der Waals surface area contributed by atoms with Crippen LogP contribution in [0.15, 0.2) is 30.3 Å². The molecular formula is C21H33NO. The van der Waals surface area contributed by atoms with Crippen LogP contribution in [0.5, 0.6) is 0 Å². The minimum atomic E-state index is 0.0466. The zero-order valence-corrected chi connectivity index (χ0v) is 14.9. The highest BCUT2D eigenvalue weighted by Gasteiger charge is 2.34. The monoisotopic (exact) mass is 315 g/mol. The molecule has 2 heteroatoms.